The van der Waals surface area contributed by atoms with Gasteiger partial charge in [-0.15, -0.1) is 20.5 Å². The van der Waals surface area contributed by atoms with E-state index in [2.05, 4.69) is 222 Å². The van der Waals surface area contributed by atoms with Gasteiger partial charge < -0.3 is 0 Å². The van der Waals surface area contributed by atoms with Crippen molar-refractivity contribution in [1.29, 1.82) is 0 Å². The van der Waals surface area contributed by atoms with Crippen molar-refractivity contribution in [3.63, 3.8) is 0 Å². The zero-order valence-electron chi connectivity index (χ0n) is 40.7. The average molecular weight is 910 g/mol. The topological polar surface area (TPSA) is 38.5 Å². The van der Waals surface area contributed by atoms with E-state index in [4.69, 9.17) is 9.97 Å². The van der Waals surface area contributed by atoms with Gasteiger partial charge in [-0.05, 0) is 102 Å². The molecule has 0 amide bonds. The number of fused-ring (bicyclic) bond motifs is 18. The number of rotatable bonds is 6. The van der Waals surface area contributed by atoms with Crippen molar-refractivity contribution in [2.75, 3.05) is 0 Å². The molecule has 5 aromatic heterocycles. The zero-order valence-corrected chi connectivity index (χ0v) is 42.5. The largest absolute Gasteiger partial charge is 0.364 e. The molecule has 1 atom stereocenters. The van der Waals surface area contributed by atoms with Crippen LogP contribution in [0.5, 0.6) is 0 Å². The molecule has 2 aliphatic heterocycles. The summed E-state index contributed by atoms with van der Waals surface area (Å²) in [6, 6.07) is 45.9. The van der Waals surface area contributed by atoms with E-state index in [0.29, 0.717) is 0 Å². The molecule has 0 aliphatic carbocycles. The first kappa shape index (κ1) is 42.1. The number of pyridine rings is 3. The Hall–Kier alpha value is -6.28. The van der Waals surface area contributed by atoms with Gasteiger partial charge in [0.2, 0.25) is 5.69 Å². The second-order valence-electron chi connectivity index (χ2n) is 22.1. The number of hydrogen-bond donors (Lipinski definition) is 0. The maximum Gasteiger partial charge on any atom is 0.364 e. The van der Waals surface area contributed by atoms with E-state index in [1.807, 2.05) is 11.3 Å². The summed E-state index contributed by atoms with van der Waals surface area (Å²) in [6.07, 6.45) is 5.82. The van der Waals surface area contributed by atoms with Gasteiger partial charge in [-0.25, -0.2) is 4.98 Å². The Balaban J connectivity index is 1.35. The highest BCUT2D eigenvalue weighted by atomic mass is 32.1. The molecule has 67 heavy (non-hydrogen) atoms. The predicted octanol–water partition coefficient (Wildman–Crippen LogP) is 14.1. The molecule has 0 radical (unpaired) electrons. The van der Waals surface area contributed by atoms with Crippen molar-refractivity contribution in [2.45, 2.75) is 99.0 Å². The number of nitrogens with zero attached hydrogens (tertiary/aromatic N) is 5. The third-order valence-corrected chi connectivity index (χ3v) is 17.8. The first-order valence-electron chi connectivity index (χ1n) is 24.2. The van der Waals surface area contributed by atoms with Gasteiger partial charge in [-0.2, -0.15) is 4.57 Å². The van der Waals surface area contributed by atoms with Crippen LogP contribution in [0.2, 0.25) is 19.6 Å². The summed E-state index contributed by atoms with van der Waals surface area (Å²) >= 11 is 1.85. The highest BCUT2D eigenvalue weighted by Crippen LogP contribution is 2.54. The Morgan fingerprint density at radius 2 is 1.42 bits per heavy atom. The van der Waals surface area contributed by atoms with Crippen molar-refractivity contribution in [3.05, 3.63) is 167 Å². The minimum absolute atomic E-state index is 0.127. The molecule has 7 heteroatoms. The molecule has 0 saturated heterocycles. The molecule has 0 fully saturated rings. The standard InChI is InChI=1S/C60H59N5SSi/c1-35(2)45-29-39(38-19-13-12-14-20-38)30-46(36(3)4)54(45)64-51-33-61-49-24-18-16-22-44(49)55(51)65-58(64)53-48(28-27-41-42-26-25-37(5)62-57(42)66-56(41)53)60(65)47-23-17-15-21-43(47)50-31-40(32-59(6,7)8)52(34-63(50)60)67(9,10)11/h12-31,33-36H,32H2,1-11H3/q+2. The lowest BCUT2D eigenvalue weighted by Crippen LogP contribution is -2.72. The van der Waals surface area contributed by atoms with E-state index < -0.39 is 13.7 Å². The summed E-state index contributed by atoms with van der Waals surface area (Å²) in [5, 5.41) is 5.13. The second kappa shape index (κ2) is 14.6. The maximum atomic E-state index is 5.34. The Morgan fingerprint density at radius 3 is 2.13 bits per heavy atom. The van der Waals surface area contributed by atoms with Crippen LogP contribution in [0.15, 0.2) is 134 Å². The molecular weight excluding hydrogens is 851 g/mol. The lowest BCUT2D eigenvalue weighted by molar-refractivity contribution is -0.944. The average Bonchev–Trinajstić information content (AvgIpc) is 4.00. The van der Waals surface area contributed by atoms with Crippen molar-refractivity contribution in [1.82, 2.24) is 14.5 Å². The van der Waals surface area contributed by atoms with Crippen molar-refractivity contribution < 1.29 is 9.13 Å². The number of aromatic nitrogens is 5. The molecule has 5 nitrogen and oxygen atoms in total. The molecule has 0 saturated carbocycles. The van der Waals surface area contributed by atoms with Gasteiger partial charge in [-0.3, -0.25) is 4.98 Å². The van der Waals surface area contributed by atoms with Crippen molar-refractivity contribution in [2.24, 2.45) is 5.41 Å². The molecule has 7 heterocycles. The molecule has 5 aromatic carbocycles. The fourth-order valence-corrected chi connectivity index (χ4v) is 14.7. The fourth-order valence-electron chi connectivity index (χ4n) is 11.8. The van der Waals surface area contributed by atoms with Gasteiger partial charge in [0.15, 0.2) is 17.2 Å². The summed E-state index contributed by atoms with van der Waals surface area (Å²) in [6.45, 7) is 26.3. The number of para-hydroxylation sites is 1. The summed E-state index contributed by atoms with van der Waals surface area (Å²) < 4.78 is 9.44. The van der Waals surface area contributed by atoms with Crippen LogP contribution in [0.3, 0.4) is 0 Å². The summed E-state index contributed by atoms with van der Waals surface area (Å²) in [5.74, 6) is 1.65. The van der Waals surface area contributed by atoms with E-state index in [9.17, 15) is 0 Å². The molecule has 1 spiro atoms. The lowest BCUT2D eigenvalue weighted by atomic mass is 9.87. The molecule has 1 unspecified atom stereocenters. The van der Waals surface area contributed by atoms with Crippen LogP contribution in [-0.2, 0) is 12.1 Å². The van der Waals surface area contributed by atoms with Crippen LogP contribution in [-0.4, -0.2) is 22.6 Å². The number of benzene rings is 5. The Bertz CT molecular complexity index is 3680. The normalized spacial score (nSPS) is 15.5. The first-order valence-corrected chi connectivity index (χ1v) is 28.5. The van der Waals surface area contributed by atoms with Gasteiger partial charge in [-0.1, -0.05) is 129 Å². The molecular formula is C60H59N5SSi+2. The Kier molecular flexibility index (Phi) is 9.18. The van der Waals surface area contributed by atoms with E-state index in [1.54, 1.807) is 0 Å². The zero-order chi connectivity index (χ0) is 46.5. The van der Waals surface area contributed by atoms with Gasteiger partial charge in [0.25, 0.3) is 0 Å². The maximum absolute atomic E-state index is 5.34. The van der Waals surface area contributed by atoms with Gasteiger partial charge in [0.05, 0.1) is 52.1 Å². The highest BCUT2D eigenvalue weighted by molar-refractivity contribution is 7.26. The quantitative estimate of drug-likeness (QED) is 0.123. The molecule has 2 aliphatic rings. The van der Waals surface area contributed by atoms with Crippen LogP contribution in [0, 0.1) is 12.3 Å². The minimum Gasteiger partial charge on any atom is -0.251 e. The summed E-state index contributed by atoms with van der Waals surface area (Å²) in [5.41, 5.74) is 18.0. The van der Waals surface area contributed by atoms with Crippen LogP contribution < -0.4 is 14.3 Å². The third kappa shape index (κ3) is 6.02. The monoisotopic (exact) mass is 909 g/mol. The molecule has 0 bridgehead atoms. The number of aryl methyl sites for hydroxylation is 1. The smallest absolute Gasteiger partial charge is 0.251 e. The fraction of sp³-hybridized carbons (Fsp3) is 0.267. The van der Waals surface area contributed by atoms with Crippen molar-refractivity contribution in [3.8, 4) is 39.5 Å². The van der Waals surface area contributed by atoms with Crippen LogP contribution >= 0.6 is 11.3 Å². The van der Waals surface area contributed by atoms with Crippen LogP contribution in [0.1, 0.15) is 93.8 Å². The molecule has 10 aromatic rings. The third-order valence-electron chi connectivity index (χ3n) is 14.6. The highest BCUT2D eigenvalue weighted by Gasteiger charge is 2.67. The van der Waals surface area contributed by atoms with Crippen molar-refractivity contribution >= 4 is 66.8 Å². The SMILES string of the molecule is Cc1ccc2c(n1)sc1c3c(ccc12)C1(c2ccccc2-c2cc(CC(C)(C)C)c([Si](C)(C)C)c[n+]21)[n+]1c-3n(-c2c(C(C)C)cc(-c3ccccc3)cc2C(C)C)c2cnc3ccccc3c21. The van der Waals surface area contributed by atoms with Crippen LogP contribution in [0.4, 0.5) is 0 Å². The number of hydrogen-bond acceptors (Lipinski definition) is 3. The number of imidazole rings is 1. The van der Waals surface area contributed by atoms with Gasteiger partial charge in [0.1, 0.15) is 10.5 Å². The van der Waals surface area contributed by atoms with E-state index in [0.717, 1.165) is 33.4 Å². The lowest BCUT2D eigenvalue weighted by Gasteiger charge is -2.26. The first-order chi connectivity index (χ1) is 32.1. The molecule has 12 rings (SSSR count). The van der Waals surface area contributed by atoms with Gasteiger partial charge in [0, 0.05) is 38.8 Å². The van der Waals surface area contributed by atoms with E-state index in [1.165, 1.54) is 93.5 Å². The summed E-state index contributed by atoms with van der Waals surface area (Å²) in [4.78, 5) is 11.6. The minimum atomic E-state index is -1.92. The predicted molar refractivity (Wildman–Crippen MR) is 283 cm³/mol. The number of thiophene rings is 1. The Morgan fingerprint density at radius 1 is 0.731 bits per heavy atom. The Labute approximate surface area is 399 Å². The summed E-state index contributed by atoms with van der Waals surface area (Å²) in [7, 11) is -1.92. The van der Waals surface area contributed by atoms with Crippen LogP contribution in [0.25, 0.3) is 81.7 Å². The molecule has 0 N–H and O–H groups in total. The van der Waals surface area contributed by atoms with Gasteiger partial charge >= 0.3 is 11.5 Å². The van der Waals surface area contributed by atoms with E-state index in [-0.39, 0.29) is 17.3 Å². The van der Waals surface area contributed by atoms with E-state index >= 15 is 0 Å². The second-order valence-corrected chi connectivity index (χ2v) is 28.2. The molecule has 332 valence electrons.